The number of benzene rings is 1. The van der Waals surface area contributed by atoms with Crippen molar-refractivity contribution in [3.8, 4) is 0 Å². The van der Waals surface area contributed by atoms with Crippen LogP contribution in [0.3, 0.4) is 0 Å². The van der Waals surface area contributed by atoms with E-state index in [-0.39, 0.29) is 11.2 Å². The molecule has 1 heterocycles. The number of rotatable bonds is 4. The Kier molecular flexibility index (Phi) is 5.19. The molecule has 116 valence electrons. The Labute approximate surface area is 136 Å². The molecule has 0 bridgehead atoms. The number of aryl methyl sites for hydroxylation is 2. The van der Waals surface area contributed by atoms with Crippen LogP contribution in [-0.2, 0) is 4.79 Å². The van der Waals surface area contributed by atoms with Gasteiger partial charge in [0.2, 0.25) is 5.91 Å². The van der Waals surface area contributed by atoms with E-state index in [0.717, 1.165) is 22.6 Å². The lowest BCUT2D eigenvalue weighted by Crippen LogP contribution is -2.33. The van der Waals surface area contributed by atoms with Crippen LogP contribution in [0.25, 0.3) is 0 Å². The zero-order valence-electron chi connectivity index (χ0n) is 13.6. The average molecular weight is 315 g/mol. The first-order chi connectivity index (χ1) is 10.4. The zero-order valence-corrected chi connectivity index (χ0v) is 14.4. The number of carbonyl (C=O) groups excluding carboxylic acids is 1. The predicted octanol–water partition coefficient (Wildman–Crippen LogP) is 3.55. The van der Waals surface area contributed by atoms with Crippen LogP contribution in [0.1, 0.15) is 23.9 Å². The van der Waals surface area contributed by atoms with Gasteiger partial charge in [0.15, 0.2) is 5.16 Å². The first-order valence-corrected chi connectivity index (χ1v) is 8.09. The molecule has 0 N–H and O–H groups in total. The highest BCUT2D eigenvalue weighted by atomic mass is 32.2. The van der Waals surface area contributed by atoms with Crippen molar-refractivity contribution in [2.45, 2.75) is 38.1 Å². The molecule has 1 amide bonds. The van der Waals surface area contributed by atoms with Crippen molar-refractivity contribution in [2.75, 3.05) is 11.9 Å². The van der Waals surface area contributed by atoms with Crippen molar-refractivity contribution >= 4 is 23.4 Å². The lowest BCUT2D eigenvalue weighted by atomic mass is 10.2. The van der Waals surface area contributed by atoms with Gasteiger partial charge in [0.25, 0.3) is 0 Å². The van der Waals surface area contributed by atoms with E-state index in [4.69, 9.17) is 0 Å². The molecule has 0 spiro atoms. The molecule has 4 nitrogen and oxygen atoms in total. The van der Waals surface area contributed by atoms with E-state index in [1.54, 1.807) is 11.9 Å². The maximum atomic E-state index is 12.5. The van der Waals surface area contributed by atoms with Gasteiger partial charge in [-0.1, -0.05) is 30.0 Å². The molecular formula is C17H21N3OS. The number of thioether (sulfide) groups is 1. The molecule has 1 aromatic carbocycles. The van der Waals surface area contributed by atoms with E-state index >= 15 is 0 Å². The van der Waals surface area contributed by atoms with Crippen molar-refractivity contribution in [1.82, 2.24) is 9.97 Å². The topological polar surface area (TPSA) is 46.1 Å². The summed E-state index contributed by atoms with van der Waals surface area (Å²) >= 11 is 1.40. The van der Waals surface area contributed by atoms with Crippen LogP contribution in [0.2, 0.25) is 0 Å². The predicted molar refractivity (Wildman–Crippen MR) is 91.4 cm³/mol. The van der Waals surface area contributed by atoms with Gasteiger partial charge < -0.3 is 4.90 Å². The maximum absolute atomic E-state index is 12.5. The molecule has 0 aliphatic rings. The van der Waals surface area contributed by atoms with Crippen molar-refractivity contribution in [1.29, 1.82) is 0 Å². The van der Waals surface area contributed by atoms with Gasteiger partial charge in [-0.25, -0.2) is 9.97 Å². The molecular weight excluding hydrogens is 294 g/mol. The first kappa shape index (κ1) is 16.5. The molecule has 5 heteroatoms. The Bertz CT molecular complexity index is 650. The molecule has 0 saturated heterocycles. The number of hydrogen-bond acceptors (Lipinski definition) is 4. The number of para-hydroxylation sites is 1. The summed E-state index contributed by atoms with van der Waals surface area (Å²) in [6.45, 7) is 7.84. The number of carbonyl (C=O) groups is 1. The Morgan fingerprint density at radius 2 is 1.64 bits per heavy atom. The molecule has 0 unspecified atom stereocenters. The van der Waals surface area contributed by atoms with Crippen LogP contribution in [0.5, 0.6) is 0 Å². The highest BCUT2D eigenvalue weighted by Crippen LogP contribution is 2.24. The fourth-order valence-corrected chi connectivity index (χ4v) is 3.01. The second-order valence-electron chi connectivity index (χ2n) is 5.29. The monoisotopic (exact) mass is 315 g/mol. The van der Waals surface area contributed by atoms with E-state index < -0.39 is 0 Å². The number of hydrogen-bond donors (Lipinski definition) is 0. The van der Waals surface area contributed by atoms with Gasteiger partial charge in [-0.3, -0.25) is 4.79 Å². The molecule has 1 aromatic heterocycles. The highest BCUT2D eigenvalue weighted by molar-refractivity contribution is 8.00. The van der Waals surface area contributed by atoms with Crippen LogP contribution >= 0.6 is 11.8 Å². The molecule has 2 aromatic rings. The Hall–Kier alpha value is -1.88. The number of aromatic nitrogens is 2. The smallest absolute Gasteiger partial charge is 0.240 e. The Morgan fingerprint density at radius 3 is 2.18 bits per heavy atom. The standard InChI is InChI=1S/C17H21N3OS/c1-11-12(2)18-17(19-13(11)3)22-14(4)16(21)20(5)15-9-7-6-8-10-15/h6-10,14H,1-5H3/t14-/m1/s1. The summed E-state index contributed by atoms with van der Waals surface area (Å²) in [4.78, 5) is 23.1. The van der Waals surface area contributed by atoms with Gasteiger partial charge in [-0.2, -0.15) is 0 Å². The lowest BCUT2D eigenvalue weighted by Gasteiger charge is -2.21. The summed E-state index contributed by atoms with van der Waals surface area (Å²) in [5, 5.41) is 0.412. The van der Waals surface area contributed by atoms with Gasteiger partial charge in [0, 0.05) is 24.1 Å². The molecule has 1 atom stereocenters. The van der Waals surface area contributed by atoms with Crippen LogP contribution in [-0.4, -0.2) is 28.2 Å². The summed E-state index contributed by atoms with van der Waals surface area (Å²) in [5.41, 5.74) is 3.92. The average Bonchev–Trinajstić information content (AvgIpc) is 2.51. The molecule has 2 rings (SSSR count). The Balaban J connectivity index is 2.12. The van der Waals surface area contributed by atoms with Crippen LogP contribution in [0, 0.1) is 20.8 Å². The third kappa shape index (κ3) is 3.65. The van der Waals surface area contributed by atoms with E-state index in [1.165, 1.54) is 11.8 Å². The second-order valence-corrected chi connectivity index (χ2v) is 6.60. The lowest BCUT2D eigenvalue weighted by molar-refractivity contribution is -0.117. The van der Waals surface area contributed by atoms with E-state index in [0.29, 0.717) is 5.16 Å². The zero-order chi connectivity index (χ0) is 16.3. The minimum absolute atomic E-state index is 0.0377. The van der Waals surface area contributed by atoms with Crippen molar-refractivity contribution in [2.24, 2.45) is 0 Å². The van der Waals surface area contributed by atoms with E-state index in [9.17, 15) is 4.79 Å². The molecule has 0 saturated carbocycles. The van der Waals surface area contributed by atoms with Gasteiger partial charge in [0.05, 0.1) is 5.25 Å². The third-order valence-electron chi connectivity index (χ3n) is 3.72. The summed E-state index contributed by atoms with van der Waals surface area (Å²) in [5.74, 6) is 0.0377. The minimum atomic E-state index is -0.244. The second kappa shape index (κ2) is 6.92. The van der Waals surface area contributed by atoms with Crippen molar-refractivity contribution in [3.63, 3.8) is 0 Å². The molecule has 0 radical (unpaired) electrons. The van der Waals surface area contributed by atoms with E-state index in [1.807, 2.05) is 58.0 Å². The molecule has 0 fully saturated rings. The van der Waals surface area contributed by atoms with Crippen molar-refractivity contribution in [3.05, 3.63) is 47.3 Å². The SMILES string of the molecule is Cc1nc(S[C@H](C)C(=O)N(C)c2ccccc2)nc(C)c1C. The van der Waals surface area contributed by atoms with Gasteiger partial charge in [0.1, 0.15) is 0 Å². The Morgan fingerprint density at radius 1 is 1.09 bits per heavy atom. The largest absolute Gasteiger partial charge is 0.315 e. The van der Waals surface area contributed by atoms with Crippen molar-refractivity contribution < 1.29 is 4.79 Å². The van der Waals surface area contributed by atoms with Crippen LogP contribution < -0.4 is 4.90 Å². The normalized spacial score (nSPS) is 12.0. The van der Waals surface area contributed by atoms with Gasteiger partial charge in [-0.05, 0) is 45.4 Å². The quantitative estimate of drug-likeness (QED) is 0.639. The maximum Gasteiger partial charge on any atom is 0.240 e. The summed E-state index contributed by atoms with van der Waals surface area (Å²) in [7, 11) is 1.79. The minimum Gasteiger partial charge on any atom is -0.315 e. The fraction of sp³-hybridized carbons (Fsp3) is 0.353. The van der Waals surface area contributed by atoms with Gasteiger partial charge in [-0.15, -0.1) is 0 Å². The number of nitrogens with zero attached hydrogens (tertiary/aromatic N) is 3. The molecule has 0 aliphatic carbocycles. The molecule has 0 aliphatic heterocycles. The van der Waals surface area contributed by atoms with Crippen LogP contribution in [0.4, 0.5) is 5.69 Å². The van der Waals surface area contributed by atoms with E-state index in [2.05, 4.69) is 9.97 Å². The number of amides is 1. The summed E-state index contributed by atoms with van der Waals surface area (Å²) in [6, 6.07) is 9.63. The van der Waals surface area contributed by atoms with Crippen LogP contribution in [0.15, 0.2) is 35.5 Å². The van der Waals surface area contributed by atoms with Gasteiger partial charge >= 0.3 is 0 Å². The summed E-state index contributed by atoms with van der Waals surface area (Å²) < 4.78 is 0. The third-order valence-corrected chi connectivity index (χ3v) is 4.66. The highest BCUT2D eigenvalue weighted by Gasteiger charge is 2.21. The summed E-state index contributed by atoms with van der Waals surface area (Å²) in [6.07, 6.45) is 0. The molecule has 22 heavy (non-hydrogen) atoms. The first-order valence-electron chi connectivity index (χ1n) is 7.21. The fourth-order valence-electron chi connectivity index (χ4n) is 2.05. The number of anilines is 1.